The van der Waals surface area contributed by atoms with Crippen LogP contribution in [0.25, 0.3) is 0 Å². The van der Waals surface area contributed by atoms with Crippen molar-refractivity contribution >= 4 is 36.8 Å². The fourth-order valence-electron chi connectivity index (χ4n) is 0.306. The maximum Gasteiger partial charge on any atom is 0.295 e. The zero-order chi connectivity index (χ0) is 8.31. The van der Waals surface area contributed by atoms with E-state index in [2.05, 4.69) is 19.5 Å². The molecule has 0 heterocycles. The minimum absolute atomic E-state index is 0.609. The quantitative estimate of drug-likeness (QED) is 0.285. The summed E-state index contributed by atoms with van der Waals surface area (Å²) >= 11 is 0. The van der Waals surface area contributed by atoms with Gasteiger partial charge in [-0.2, -0.15) is 4.34 Å². The second-order valence-electron chi connectivity index (χ2n) is 1.32. The fraction of sp³-hybridized carbons (Fsp3) is 0. The molecule has 0 atom stereocenters. The van der Waals surface area contributed by atoms with Crippen LogP contribution in [0.15, 0.2) is 0 Å². The Bertz CT molecular complexity index is 116. The summed E-state index contributed by atoms with van der Waals surface area (Å²) in [6.45, 7) is 0. The first kappa shape index (κ1) is 9.99. The molecule has 0 unspecified atom stereocenters. The highest BCUT2D eigenvalue weighted by molar-refractivity contribution is 7.10. The summed E-state index contributed by atoms with van der Waals surface area (Å²) in [4.78, 5) is 10.1. The molecule has 52 valence electrons. The summed E-state index contributed by atoms with van der Waals surface area (Å²) < 4.78 is 0.809. The van der Waals surface area contributed by atoms with Gasteiger partial charge in [0.05, 0.1) is 19.5 Å². The lowest BCUT2D eigenvalue weighted by Gasteiger charge is -2.17. The number of rotatable bonds is 3. The lowest BCUT2D eigenvalue weighted by molar-refractivity contribution is -0.595. The van der Waals surface area contributed by atoms with Crippen LogP contribution in [0.2, 0.25) is 0 Å². The van der Waals surface area contributed by atoms with Crippen molar-refractivity contribution in [3.63, 3.8) is 0 Å². The SMILES string of the molecule is N[Si]([Si])N([N+](=O)[O-])[Si](N)[Si]. The van der Waals surface area contributed by atoms with Crippen LogP contribution in [0.5, 0.6) is 0 Å². The first-order valence-corrected chi connectivity index (χ1v) is 8.14. The van der Waals surface area contributed by atoms with Crippen molar-refractivity contribution in [2.45, 2.75) is 0 Å². The number of hydrogen-bond acceptors (Lipinski definition) is 4. The topological polar surface area (TPSA) is 98.4 Å². The Labute approximate surface area is 67.6 Å². The smallest absolute Gasteiger partial charge is 0.295 e. The molecular formula is H4N4O2Si4. The standard InChI is InChI=1S/H4N4O2Si4/c1-9(7)4(3(5)6)10(2)8/h1-2H2. The van der Waals surface area contributed by atoms with Gasteiger partial charge in [0.25, 0.3) is 17.3 Å². The Morgan fingerprint density at radius 1 is 1.40 bits per heavy atom. The number of hydrogen-bond donors (Lipinski definition) is 2. The van der Waals surface area contributed by atoms with Gasteiger partial charge in [-0.1, -0.05) is 0 Å². The van der Waals surface area contributed by atoms with Gasteiger partial charge >= 0.3 is 0 Å². The van der Waals surface area contributed by atoms with Crippen LogP contribution in [-0.4, -0.2) is 46.2 Å². The second kappa shape index (κ2) is 3.99. The third-order valence-electron chi connectivity index (χ3n) is 0.620. The summed E-state index contributed by atoms with van der Waals surface area (Å²) in [6.07, 6.45) is 0. The number of nitrogens with zero attached hydrogens (tertiary/aromatic N) is 2. The molecule has 0 aromatic carbocycles. The van der Waals surface area contributed by atoms with Crippen LogP contribution in [0.1, 0.15) is 0 Å². The highest BCUT2D eigenvalue weighted by atomic mass is 29.2. The van der Waals surface area contributed by atoms with Crippen LogP contribution >= 0.6 is 0 Å². The van der Waals surface area contributed by atoms with Crippen LogP contribution in [0, 0.1) is 10.1 Å². The third kappa shape index (κ3) is 2.71. The van der Waals surface area contributed by atoms with Crippen molar-refractivity contribution in [3.05, 3.63) is 10.1 Å². The summed E-state index contributed by atoms with van der Waals surface area (Å²) in [5.74, 6) is 0. The van der Waals surface area contributed by atoms with Crippen molar-refractivity contribution in [1.29, 1.82) is 0 Å². The van der Waals surface area contributed by atoms with Crippen LogP contribution in [0.3, 0.4) is 0 Å². The minimum Gasteiger partial charge on any atom is -0.334 e. The molecule has 0 aromatic rings. The Morgan fingerprint density at radius 3 is 1.70 bits per heavy atom. The van der Waals surface area contributed by atoms with Gasteiger partial charge in [0.2, 0.25) is 0 Å². The number of nitrogens with two attached hydrogens (primary N) is 2. The Kier molecular flexibility index (Phi) is 3.99. The molecular weight excluding hydrogens is 200 g/mol. The molecule has 10 heavy (non-hydrogen) atoms. The van der Waals surface area contributed by atoms with E-state index in [1.807, 2.05) is 0 Å². The lowest BCUT2D eigenvalue weighted by Crippen LogP contribution is -2.62. The van der Waals surface area contributed by atoms with Gasteiger partial charge < -0.3 is 10.8 Å². The van der Waals surface area contributed by atoms with Crippen LogP contribution in [0.4, 0.5) is 0 Å². The Balaban J connectivity index is 4.12. The Morgan fingerprint density at radius 2 is 1.70 bits per heavy atom. The summed E-state index contributed by atoms with van der Waals surface area (Å²) in [7, 11) is 2.42. The predicted octanol–water partition coefficient (Wildman–Crippen LogP) is -3.30. The van der Waals surface area contributed by atoms with Crippen molar-refractivity contribution in [3.8, 4) is 0 Å². The van der Waals surface area contributed by atoms with Crippen LogP contribution < -0.4 is 10.8 Å². The third-order valence-corrected chi connectivity index (χ3v) is 5.92. The van der Waals surface area contributed by atoms with Gasteiger partial charge in [-0.15, -0.1) is 0 Å². The molecule has 0 aliphatic heterocycles. The van der Waals surface area contributed by atoms with Gasteiger partial charge in [0.1, 0.15) is 5.03 Å². The van der Waals surface area contributed by atoms with Gasteiger partial charge in [-0.3, -0.25) is 0 Å². The first-order chi connectivity index (χ1) is 4.46. The molecule has 0 amide bonds. The molecule has 0 bridgehead atoms. The maximum atomic E-state index is 10.1. The first-order valence-electron chi connectivity index (χ1n) is 2.09. The van der Waals surface area contributed by atoms with E-state index in [1.54, 1.807) is 0 Å². The average molecular weight is 204 g/mol. The van der Waals surface area contributed by atoms with E-state index in [0.29, 0.717) is 0 Å². The van der Waals surface area contributed by atoms with E-state index in [9.17, 15) is 10.1 Å². The fourth-order valence-corrected chi connectivity index (χ4v) is 5.36. The van der Waals surface area contributed by atoms with E-state index >= 15 is 0 Å². The summed E-state index contributed by atoms with van der Waals surface area (Å²) in [6, 6.07) is 0. The van der Waals surface area contributed by atoms with Crippen LogP contribution in [-0.2, 0) is 0 Å². The molecule has 0 saturated heterocycles. The van der Waals surface area contributed by atoms with E-state index in [-0.39, 0.29) is 0 Å². The van der Waals surface area contributed by atoms with Gasteiger partial charge in [-0.25, -0.2) is 10.1 Å². The highest BCUT2D eigenvalue weighted by Gasteiger charge is 2.27. The molecule has 0 aliphatic carbocycles. The molecule has 4 N–H and O–H groups in total. The zero-order valence-electron chi connectivity index (χ0n) is 4.87. The summed E-state index contributed by atoms with van der Waals surface area (Å²) in [5.41, 5.74) is 0. The van der Waals surface area contributed by atoms with Crippen molar-refractivity contribution < 1.29 is 5.03 Å². The molecule has 10 heteroatoms. The lowest BCUT2D eigenvalue weighted by atomic mass is 12.7. The molecule has 0 aromatic heterocycles. The molecule has 0 aliphatic rings. The normalized spacial score (nSPS) is 10.6. The number of hydrazine groups is 1. The average Bonchev–Trinajstić information content (AvgIpc) is 1.59. The number of nitro groups is 1. The molecule has 0 spiro atoms. The monoisotopic (exact) mass is 204 g/mol. The van der Waals surface area contributed by atoms with E-state index < -0.39 is 22.3 Å². The van der Waals surface area contributed by atoms with Crippen molar-refractivity contribution in [2.75, 3.05) is 0 Å². The van der Waals surface area contributed by atoms with Crippen molar-refractivity contribution in [1.82, 2.24) is 4.34 Å². The van der Waals surface area contributed by atoms with Crippen molar-refractivity contribution in [2.24, 2.45) is 10.8 Å². The predicted molar refractivity (Wildman–Crippen MR) is 40.2 cm³/mol. The Hall–Kier alpha value is -0.0125. The van der Waals surface area contributed by atoms with Gasteiger partial charge in [0.15, 0.2) is 0 Å². The molecule has 8 radical (unpaired) electrons. The highest BCUT2D eigenvalue weighted by Crippen LogP contribution is 1.84. The summed E-state index contributed by atoms with van der Waals surface area (Å²) in [5, 5.41) is 20.0. The minimum atomic E-state index is -1.76. The van der Waals surface area contributed by atoms with E-state index in [0.717, 1.165) is 4.34 Å². The molecule has 0 saturated carbocycles. The van der Waals surface area contributed by atoms with E-state index in [4.69, 9.17) is 10.8 Å². The second-order valence-corrected chi connectivity index (χ2v) is 7.23. The zero-order valence-corrected chi connectivity index (χ0v) is 8.87. The maximum absolute atomic E-state index is 10.1. The molecule has 6 nitrogen and oxygen atoms in total. The molecule has 0 fully saturated rings. The van der Waals surface area contributed by atoms with E-state index in [1.165, 1.54) is 0 Å². The largest absolute Gasteiger partial charge is 0.334 e. The van der Waals surface area contributed by atoms with Gasteiger partial charge in [0, 0.05) is 0 Å². The van der Waals surface area contributed by atoms with Gasteiger partial charge in [-0.05, 0) is 0 Å². The molecule has 0 rings (SSSR count).